The van der Waals surface area contributed by atoms with Crippen LogP contribution in [0.2, 0.25) is 0 Å². The van der Waals surface area contributed by atoms with Crippen molar-refractivity contribution in [3.05, 3.63) is 182 Å². The third kappa shape index (κ3) is 4.22. The van der Waals surface area contributed by atoms with Crippen LogP contribution in [0.4, 0.5) is 0 Å². The Balaban J connectivity index is 1.19. The topological polar surface area (TPSA) is 9.86 Å². The molecule has 0 saturated heterocycles. The first-order valence-electron chi connectivity index (χ1n) is 17.4. The lowest BCUT2D eigenvalue weighted by Gasteiger charge is -2.11. The van der Waals surface area contributed by atoms with Gasteiger partial charge in [-0.3, -0.25) is 0 Å². The summed E-state index contributed by atoms with van der Waals surface area (Å²) in [7, 11) is 0. The van der Waals surface area contributed by atoms with Crippen molar-refractivity contribution in [2.75, 3.05) is 0 Å². The number of nitrogens with zero attached hydrogens (tertiary/aromatic N) is 2. The minimum Gasteiger partial charge on any atom is -0.309 e. The molecule has 0 fully saturated rings. The summed E-state index contributed by atoms with van der Waals surface area (Å²) in [5.74, 6) is 0. The van der Waals surface area contributed by atoms with Crippen LogP contribution in [0, 0.1) is 0 Å². The highest BCUT2D eigenvalue weighted by atomic mass is 32.1. The molecular weight excluding hydrogens is 637 g/mol. The summed E-state index contributed by atoms with van der Waals surface area (Å²) in [4.78, 5) is 0. The number of benzene rings is 8. The lowest BCUT2D eigenvalue weighted by Crippen LogP contribution is -1.94. The van der Waals surface area contributed by atoms with Crippen LogP contribution in [-0.2, 0) is 0 Å². The Morgan fingerprint density at radius 2 is 0.882 bits per heavy atom. The molecule has 3 heterocycles. The van der Waals surface area contributed by atoms with Crippen LogP contribution in [0.1, 0.15) is 0 Å². The highest BCUT2D eigenvalue weighted by Gasteiger charge is 2.21. The fourth-order valence-electron chi connectivity index (χ4n) is 8.23. The third-order valence-corrected chi connectivity index (χ3v) is 11.8. The van der Waals surface area contributed by atoms with Crippen molar-refractivity contribution in [3.63, 3.8) is 0 Å². The molecular formula is C48H30N2S. The molecule has 11 rings (SSSR count). The Bertz CT molecular complexity index is 3110. The first-order valence-corrected chi connectivity index (χ1v) is 18.3. The molecule has 0 saturated carbocycles. The molecule has 0 spiro atoms. The van der Waals surface area contributed by atoms with E-state index in [1.165, 1.54) is 97.4 Å². The van der Waals surface area contributed by atoms with Crippen LogP contribution in [0.5, 0.6) is 0 Å². The van der Waals surface area contributed by atoms with E-state index < -0.39 is 0 Å². The van der Waals surface area contributed by atoms with E-state index in [2.05, 4.69) is 191 Å². The zero-order valence-corrected chi connectivity index (χ0v) is 28.4. The second kappa shape index (κ2) is 11.0. The van der Waals surface area contributed by atoms with E-state index in [9.17, 15) is 0 Å². The number of fused-ring (bicyclic) bond motifs is 11. The highest BCUT2D eigenvalue weighted by Crippen LogP contribution is 2.47. The van der Waals surface area contributed by atoms with Gasteiger partial charge < -0.3 is 9.13 Å². The third-order valence-electron chi connectivity index (χ3n) is 10.5. The summed E-state index contributed by atoms with van der Waals surface area (Å²) in [5, 5.41) is 7.77. The van der Waals surface area contributed by atoms with Gasteiger partial charge in [-0.25, -0.2) is 0 Å². The molecule has 3 aromatic heterocycles. The van der Waals surface area contributed by atoms with Crippen molar-refractivity contribution in [1.29, 1.82) is 0 Å². The van der Waals surface area contributed by atoms with Gasteiger partial charge in [-0.15, -0.1) is 11.3 Å². The van der Waals surface area contributed by atoms with Crippen LogP contribution in [0.15, 0.2) is 182 Å². The SMILES string of the molecule is c1ccc(-c2ccc(-n3c4ccccc4c4c5sc6c(ccc7c8ccccc8n(-c8cccc(-c9ccccc9)c8)c76)c5ccc43)cc2)cc1. The standard InChI is InChI=1S/C48H30N2S/c1-3-12-31(13-4-1)33-22-24-35(25-23-33)49-43-21-10-8-19-41(43)45-44(49)29-28-39-40-27-26-38-37-18-7-9-20-42(37)50(46(38)48(40)51-47(39)45)36-17-11-16-34(30-36)32-14-5-2-6-15-32/h1-30H. The monoisotopic (exact) mass is 666 g/mol. The molecule has 2 nitrogen and oxygen atoms in total. The van der Waals surface area contributed by atoms with Gasteiger partial charge in [-0.05, 0) is 64.7 Å². The smallest absolute Gasteiger partial charge is 0.0719 e. The van der Waals surface area contributed by atoms with E-state index in [-0.39, 0.29) is 0 Å². The predicted octanol–water partition coefficient (Wildman–Crippen LogP) is 13.6. The maximum absolute atomic E-state index is 2.49. The first kappa shape index (κ1) is 28.4. The van der Waals surface area contributed by atoms with Gasteiger partial charge >= 0.3 is 0 Å². The molecule has 0 amide bonds. The molecule has 51 heavy (non-hydrogen) atoms. The predicted molar refractivity (Wildman–Crippen MR) is 219 cm³/mol. The summed E-state index contributed by atoms with van der Waals surface area (Å²) in [6.07, 6.45) is 0. The molecule has 0 aliphatic heterocycles. The molecule has 0 unspecified atom stereocenters. The van der Waals surface area contributed by atoms with Gasteiger partial charge in [-0.1, -0.05) is 140 Å². The zero-order valence-electron chi connectivity index (χ0n) is 27.6. The van der Waals surface area contributed by atoms with Crippen molar-refractivity contribution in [2.45, 2.75) is 0 Å². The van der Waals surface area contributed by atoms with E-state index in [0.717, 1.165) is 0 Å². The van der Waals surface area contributed by atoms with E-state index >= 15 is 0 Å². The van der Waals surface area contributed by atoms with Gasteiger partial charge in [0, 0.05) is 48.4 Å². The summed E-state index contributed by atoms with van der Waals surface area (Å²) in [5.41, 5.74) is 12.2. The summed E-state index contributed by atoms with van der Waals surface area (Å²) >= 11 is 1.93. The average Bonchev–Trinajstić information content (AvgIpc) is 3.86. The number of aromatic nitrogens is 2. The van der Waals surface area contributed by atoms with Crippen molar-refractivity contribution in [3.8, 4) is 33.6 Å². The number of rotatable bonds is 4. The molecule has 0 bridgehead atoms. The van der Waals surface area contributed by atoms with Crippen LogP contribution < -0.4 is 0 Å². The van der Waals surface area contributed by atoms with E-state index in [0.29, 0.717) is 0 Å². The Kier molecular flexibility index (Phi) is 6.16. The van der Waals surface area contributed by atoms with Gasteiger partial charge in [0.25, 0.3) is 0 Å². The molecule has 0 radical (unpaired) electrons. The van der Waals surface area contributed by atoms with Gasteiger partial charge in [-0.2, -0.15) is 0 Å². The normalized spacial score (nSPS) is 11.9. The van der Waals surface area contributed by atoms with Crippen molar-refractivity contribution < 1.29 is 0 Å². The molecule has 8 aromatic carbocycles. The summed E-state index contributed by atoms with van der Waals surface area (Å²) in [6.45, 7) is 0. The second-order valence-electron chi connectivity index (χ2n) is 13.3. The lowest BCUT2D eigenvalue weighted by atomic mass is 10.0. The quantitative estimate of drug-likeness (QED) is 0.177. The highest BCUT2D eigenvalue weighted by molar-refractivity contribution is 7.27. The van der Waals surface area contributed by atoms with Crippen LogP contribution in [0.25, 0.3) is 97.4 Å². The Morgan fingerprint density at radius 3 is 1.65 bits per heavy atom. The number of hydrogen-bond acceptors (Lipinski definition) is 1. The molecule has 0 aliphatic rings. The van der Waals surface area contributed by atoms with E-state index in [1.54, 1.807) is 0 Å². The Hall–Kier alpha value is -6.42. The minimum atomic E-state index is 1.17. The maximum Gasteiger partial charge on any atom is 0.0719 e. The van der Waals surface area contributed by atoms with Crippen molar-refractivity contribution in [2.24, 2.45) is 0 Å². The number of thiophene rings is 1. The Labute approximate surface area is 298 Å². The zero-order chi connectivity index (χ0) is 33.5. The largest absolute Gasteiger partial charge is 0.309 e. The van der Waals surface area contributed by atoms with Crippen LogP contribution in [-0.4, -0.2) is 9.13 Å². The maximum atomic E-state index is 2.49. The fourth-order valence-corrected chi connectivity index (χ4v) is 9.62. The molecule has 3 heteroatoms. The van der Waals surface area contributed by atoms with Crippen molar-refractivity contribution >= 4 is 75.1 Å². The first-order chi connectivity index (χ1) is 25.3. The van der Waals surface area contributed by atoms with E-state index in [4.69, 9.17) is 0 Å². The Morgan fingerprint density at radius 1 is 0.314 bits per heavy atom. The summed E-state index contributed by atoms with van der Waals surface area (Å²) in [6, 6.07) is 66.4. The lowest BCUT2D eigenvalue weighted by molar-refractivity contribution is 1.18. The second-order valence-corrected chi connectivity index (χ2v) is 14.3. The van der Waals surface area contributed by atoms with Gasteiger partial charge in [0.05, 0.1) is 26.8 Å². The van der Waals surface area contributed by atoms with Gasteiger partial charge in [0.2, 0.25) is 0 Å². The van der Waals surface area contributed by atoms with Gasteiger partial charge in [0.15, 0.2) is 0 Å². The molecule has 11 aromatic rings. The van der Waals surface area contributed by atoms with Crippen LogP contribution >= 0.6 is 11.3 Å². The molecule has 0 atom stereocenters. The van der Waals surface area contributed by atoms with Crippen LogP contribution in [0.3, 0.4) is 0 Å². The minimum absolute atomic E-state index is 1.17. The average molecular weight is 667 g/mol. The summed E-state index contributed by atoms with van der Waals surface area (Å²) < 4.78 is 7.58. The van der Waals surface area contributed by atoms with Gasteiger partial charge in [0.1, 0.15) is 0 Å². The molecule has 238 valence electrons. The number of para-hydroxylation sites is 2. The number of hydrogen-bond donors (Lipinski definition) is 0. The van der Waals surface area contributed by atoms with E-state index in [1.807, 2.05) is 11.3 Å². The molecule has 0 aliphatic carbocycles. The fraction of sp³-hybridized carbons (Fsp3) is 0. The molecule has 0 N–H and O–H groups in total. The van der Waals surface area contributed by atoms with Crippen molar-refractivity contribution in [1.82, 2.24) is 9.13 Å².